The van der Waals surface area contributed by atoms with Crippen molar-refractivity contribution in [3.8, 4) is 11.4 Å². The lowest BCUT2D eigenvalue weighted by molar-refractivity contribution is -0.127. The third-order valence-electron chi connectivity index (χ3n) is 7.01. The Hall–Kier alpha value is -5.10. The molecule has 12 heteroatoms. The van der Waals surface area contributed by atoms with E-state index in [1.807, 2.05) is 30.3 Å². The highest BCUT2D eigenvalue weighted by molar-refractivity contribution is 6.02. The van der Waals surface area contributed by atoms with E-state index >= 15 is 0 Å². The molecule has 6 rings (SSSR count). The number of anilines is 1. The summed E-state index contributed by atoms with van der Waals surface area (Å²) in [6, 6.07) is 17.3. The molecule has 3 aromatic heterocycles. The minimum atomic E-state index is -1.05. The zero-order valence-electron chi connectivity index (χ0n) is 22.5. The van der Waals surface area contributed by atoms with Crippen LogP contribution in [0.3, 0.4) is 0 Å². The fourth-order valence-corrected chi connectivity index (χ4v) is 4.93. The summed E-state index contributed by atoms with van der Waals surface area (Å²) >= 11 is 0. The normalized spacial score (nSPS) is 15.4. The second-order valence-electron chi connectivity index (χ2n) is 9.86. The molecule has 1 aliphatic rings. The second kappa shape index (κ2) is 12.2. The largest absolute Gasteiger partial charge is 0.376 e. The highest BCUT2D eigenvalue weighted by Crippen LogP contribution is 2.30. The van der Waals surface area contributed by atoms with E-state index in [1.165, 1.54) is 29.2 Å². The summed E-state index contributed by atoms with van der Waals surface area (Å²) in [6.07, 6.45) is 6.43. The quantitative estimate of drug-likeness (QED) is 0.287. The van der Waals surface area contributed by atoms with Crippen LogP contribution in [0, 0.1) is 5.82 Å². The molecule has 212 valence electrons. The predicted molar refractivity (Wildman–Crippen MR) is 151 cm³/mol. The fraction of sp³-hybridized carbons (Fsp3) is 0.233. The molecule has 1 fully saturated rings. The van der Waals surface area contributed by atoms with Gasteiger partial charge in [0.05, 0.1) is 23.5 Å². The molecule has 2 aromatic carbocycles. The molecule has 1 N–H and O–H groups in total. The van der Waals surface area contributed by atoms with Crippen molar-refractivity contribution in [3.05, 3.63) is 96.7 Å². The van der Waals surface area contributed by atoms with Crippen LogP contribution in [0.2, 0.25) is 0 Å². The maximum atomic E-state index is 14.1. The van der Waals surface area contributed by atoms with Gasteiger partial charge in [-0.05, 0) is 72.1 Å². The van der Waals surface area contributed by atoms with Crippen LogP contribution >= 0.6 is 0 Å². The molecule has 1 aliphatic heterocycles. The van der Waals surface area contributed by atoms with Crippen molar-refractivity contribution in [2.45, 2.75) is 31.5 Å². The Balaban J connectivity index is 1.36. The number of pyridine rings is 2. The maximum absolute atomic E-state index is 14.1. The number of aromatic nitrogens is 6. The number of nitrogens with zero attached hydrogens (tertiary/aromatic N) is 7. The van der Waals surface area contributed by atoms with E-state index in [0.717, 1.165) is 28.5 Å². The molecular formula is C30H27FN8O3. The van der Waals surface area contributed by atoms with Gasteiger partial charge < -0.3 is 10.1 Å². The molecule has 1 saturated heterocycles. The average molecular weight is 567 g/mol. The minimum Gasteiger partial charge on any atom is -0.376 e. The zero-order chi connectivity index (χ0) is 28.9. The van der Waals surface area contributed by atoms with Crippen molar-refractivity contribution >= 4 is 28.4 Å². The van der Waals surface area contributed by atoms with Crippen molar-refractivity contribution in [2.24, 2.45) is 0 Å². The molecule has 0 spiro atoms. The third kappa shape index (κ3) is 5.98. The molecule has 11 nitrogen and oxygen atoms in total. The molecule has 5 aromatic rings. The second-order valence-corrected chi connectivity index (χ2v) is 9.86. The van der Waals surface area contributed by atoms with Gasteiger partial charge in [0.25, 0.3) is 5.91 Å². The maximum Gasteiger partial charge on any atom is 0.251 e. The first kappa shape index (κ1) is 27.1. The van der Waals surface area contributed by atoms with Crippen LogP contribution in [0.5, 0.6) is 0 Å². The predicted octanol–water partition coefficient (Wildman–Crippen LogP) is 3.49. The van der Waals surface area contributed by atoms with Gasteiger partial charge in [-0.3, -0.25) is 24.5 Å². The van der Waals surface area contributed by atoms with E-state index in [-0.39, 0.29) is 30.2 Å². The van der Waals surface area contributed by atoms with Crippen molar-refractivity contribution in [3.63, 3.8) is 0 Å². The Morgan fingerprint density at radius 2 is 1.90 bits per heavy atom. The Bertz CT molecular complexity index is 1690. The Labute approximate surface area is 240 Å². The molecule has 0 bridgehead atoms. The van der Waals surface area contributed by atoms with Crippen molar-refractivity contribution < 1.29 is 18.7 Å². The molecule has 4 heterocycles. The molecule has 0 unspecified atom stereocenters. The van der Waals surface area contributed by atoms with Gasteiger partial charge in [0.15, 0.2) is 0 Å². The van der Waals surface area contributed by atoms with Gasteiger partial charge in [0.2, 0.25) is 11.7 Å². The van der Waals surface area contributed by atoms with Gasteiger partial charge in [0, 0.05) is 36.5 Å². The number of tetrazole rings is 1. The van der Waals surface area contributed by atoms with Crippen LogP contribution in [0.15, 0.2) is 85.3 Å². The summed E-state index contributed by atoms with van der Waals surface area (Å²) < 4.78 is 19.1. The van der Waals surface area contributed by atoms with E-state index in [0.29, 0.717) is 30.0 Å². The number of rotatable bonds is 9. The van der Waals surface area contributed by atoms with Crippen molar-refractivity contribution in [2.75, 3.05) is 18.1 Å². The van der Waals surface area contributed by atoms with Crippen molar-refractivity contribution in [1.29, 1.82) is 0 Å². The highest BCUT2D eigenvalue weighted by Gasteiger charge is 2.34. The SMILES string of the molecule is O=C(NC[C@H]1CCCO1)[C@H](c1ccncc1)N(C(=O)Cn1nnc(-c2ccc(F)cc2)n1)c1cnc2ccccc2c1. The number of ether oxygens (including phenoxy) is 1. The van der Waals surface area contributed by atoms with Crippen LogP contribution in [0.25, 0.3) is 22.3 Å². The Kier molecular flexibility index (Phi) is 7.86. The Morgan fingerprint density at radius 1 is 1.10 bits per heavy atom. The molecule has 0 radical (unpaired) electrons. The summed E-state index contributed by atoms with van der Waals surface area (Å²) in [5.41, 5.74) is 2.29. The van der Waals surface area contributed by atoms with E-state index in [1.54, 1.807) is 30.7 Å². The number of hydrogen-bond acceptors (Lipinski definition) is 8. The summed E-state index contributed by atoms with van der Waals surface area (Å²) in [4.78, 5) is 39.2. The van der Waals surface area contributed by atoms with Gasteiger partial charge in [0.1, 0.15) is 18.4 Å². The van der Waals surface area contributed by atoms with Crippen LogP contribution in [0.1, 0.15) is 24.4 Å². The summed E-state index contributed by atoms with van der Waals surface area (Å²) in [7, 11) is 0. The van der Waals surface area contributed by atoms with Crippen LogP contribution in [-0.4, -0.2) is 61.2 Å². The van der Waals surface area contributed by atoms with E-state index in [4.69, 9.17) is 4.74 Å². The first-order chi connectivity index (χ1) is 20.5. The number of amides is 2. The zero-order valence-corrected chi connectivity index (χ0v) is 22.5. The number of benzene rings is 2. The summed E-state index contributed by atoms with van der Waals surface area (Å²) in [5.74, 6) is -0.997. The number of fused-ring (bicyclic) bond motifs is 1. The van der Waals surface area contributed by atoms with E-state index in [9.17, 15) is 14.0 Å². The number of carbonyl (C=O) groups is 2. The average Bonchev–Trinajstić information content (AvgIpc) is 3.72. The van der Waals surface area contributed by atoms with Crippen molar-refractivity contribution in [1.82, 2.24) is 35.5 Å². The third-order valence-corrected chi connectivity index (χ3v) is 7.01. The first-order valence-electron chi connectivity index (χ1n) is 13.5. The van der Waals surface area contributed by atoms with Gasteiger partial charge in [-0.1, -0.05) is 18.2 Å². The van der Waals surface area contributed by atoms with Gasteiger partial charge >= 0.3 is 0 Å². The Morgan fingerprint density at radius 3 is 2.69 bits per heavy atom. The fourth-order valence-electron chi connectivity index (χ4n) is 4.93. The number of para-hydroxylation sites is 1. The van der Waals surface area contributed by atoms with Crippen LogP contribution in [-0.2, 0) is 20.9 Å². The molecular weight excluding hydrogens is 539 g/mol. The lowest BCUT2D eigenvalue weighted by atomic mass is 10.0. The molecule has 42 heavy (non-hydrogen) atoms. The van der Waals surface area contributed by atoms with E-state index < -0.39 is 11.9 Å². The lowest BCUT2D eigenvalue weighted by Gasteiger charge is -2.31. The summed E-state index contributed by atoms with van der Waals surface area (Å²) in [5, 5.41) is 16.2. The molecule has 0 saturated carbocycles. The standard InChI is InChI=1S/C30H27FN8O3/c31-23-9-7-21(8-10-23)29-35-37-38(36-29)19-27(40)39(24-16-22-4-1-2-6-26(22)33-17-24)28(20-11-13-32-14-12-20)30(41)34-18-25-5-3-15-42-25/h1-2,4,6-14,16-17,25,28H,3,5,15,18-19H2,(H,34,41)/t25-,28+/m1/s1. The number of carbonyl (C=O) groups excluding carboxylic acids is 2. The molecule has 2 amide bonds. The molecule has 0 aliphatic carbocycles. The lowest BCUT2D eigenvalue weighted by Crippen LogP contribution is -2.46. The first-order valence-corrected chi connectivity index (χ1v) is 13.5. The summed E-state index contributed by atoms with van der Waals surface area (Å²) in [6.45, 7) is 0.665. The minimum absolute atomic E-state index is 0.0808. The molecule has 2 atom stereocenters. The van der Waals surface area contributed by atoms with E-state index in [2.05, 4.69) is 30.7 Å². The van der Waals surface area contributed by atoms with Crippen LogP contribution < -0.4 is 10.2 Å². The highest BCUT2D eigenvalue weighted by atomic mass is 19.1. The number of hydrogen-bond donors (Lipinski definition) is 1. The topological polar surface area (TPSA) is 128 Å². The van der Waals surface area contributed by atoms with Crippen LogP contribution in [0.4, 0.5) is 10.1 Å². The van der Waals surface area contributed by atoms with Gasteiger partial charge in [-0.15, -0.1) is 10.2 Å². The van der Waals surface area contributed by atoms with Gasteiger partial charge in [-0.25, -0.2) is 4.39 Å². The number of nitrogens with one attached hydrogen (secondary N) is 1. The van der Waals surface area contributed by atoms with Gasteiger partial charge in [-0.2, -0.15) is 4.80 Å². The number of halogens is 1. The smallest absolute Gasteiger partial charge is 0.251 e. The monoisotopic (exact) mass is 566 g/mol.